The molecule has 7 heteroatoms. The highest BCUT2D eigenvalue weighted by atomic mass is 35.5. The van der Waals surface area contributed by atoms with E-state index in [1.165, 1.54) is 13.3 Å². The van der Waals surface area contributed by atoms with Crippen LogP contribution in [0.2, 0.25) is 0 Å². The molecule has 0 saturated heterocycles. The fourth-order valence-corrected chi connectivity index (χ4v) is 2.51. The third-order valence-corrected chi connectivity index (χ3v) is 3.72. The summed E-state index contributed by atoms with van der Waals surface area (Å²) in [5, 5.41) is 16.2. The second-order valence-electron chi connectivity index (χ2n) is 5.38. The molecule has 6 nitrogen and oxygen atoms in total. The van der Waals surface area contributed by atoms with Crippen LogP contribution in [-0.2, 0) is 0 Å². The van der Waals surface area contributed by atoms with Crippen LogP contribution in [0.3, 0.4) is 0 Å². The van der Waals surface area contributed by atoms with Crippen LogP contribution in [-0.4, -0.2) is 35.0 Å². The van der Waals surface area contributed by atoms with E-state index in [0.29, 0.717) is 30.1 Å². The van der Waals surface area contributed by atoms with Gasteiger partial charge in [-0.2, -0.15) is 0 Å². The molecule has 0 fully saturated rings. The van der Waals surface area contributed by atoms with Crippen molar-refractivity contribution in [3.05, 3.63) is 60.0 Å². The first-order valence-corrected chi connectivity index (χ1v) is 8.11. The Morgan fingerprint density at radius 2 is 2.07 bits per heavy atom. The van der Waals surface area contributed by atoms with Crippen LogP contribution >= 0.6 is 12.4 Å². The van der Waals surface area contributed by atoms with E-state index < -0.39 is 0 Å². The van der Waals surface area contributed by atoms with Crippen molar-refractivity contribution in [1.82, 2.24) is 9.97 Å². The lowest BCUT2D eigenvalue weighted by Gasteiger charge is -2.07. The molecular formula is C20H19ClN4O2. The number of nitrogens with zero attached hydrogens (tertiary/aromatic N) is 3. The Hall–Kier alpha value is -3.30. The molecule has 0 spiro atoms. The van der Waals surface area contributed by atoms with Gasteiger partial charge in [0.25, 0.3) is 0 Å². The van der Waals surface area contributed by atoms with Gasteiger partial charge in [-0.25, -0.2) is 4.98 Å². The number of methoxy groups -OCH3 is 1. The van der Waals surface area contributed by atoms with Gasteiger partial charge in [0, 0.05) is 30.2 Å². The van der Waals surface area contributed by atoms with E-state index in [0.717, 1.165) is 16.6 Å². The topological polar surface area (TPSA) is 79.6 Å². The molecular weight excluding hydrogens is 364 g/mol. The number of anilines is 1. The SMILES string of the molecule is COc1ccc(C#CCCNc2ccnc3ccccc23)nc1/C=N\O.Cl. The second-order valence-corrected chi connectivity index (χ2v) is 5.38. The molecule has 1 aromatic carbocycles. The Kier molecular flexibility index (Phi) is 7.41. The van der Waals surface area contributed by atoms with Gasteiger partial charge in [-0.05, 0) is 30.2 Å². The van der Waals surface area contributed by atoms with Gasteiger partial charge in [0.05, 0.1) is 18.8 Å². The molecule has 0 radical (unpaired) electrons. The Bertz CT molecular complexity index is 991. The fraction of sp³-hybridized carbons (Fsp3) is 0.150. The number of nitrogens with one attached hydrogen (secondary N) is 1. The summed E-state index contributed by atoms with van der Waals surface area (Å²) in [4.78, 5) is 8.64. The van der Waals surface area contributed by atoms with Crippen LogP contribution in [0.4, 0.5) is 5.69 Å². The zero-order valence-corrected chi connectivity index (χ0v) is 15.5. The summed E-state index contributed by atoms with van der Waals surface area (Å²) in [6.45, 7) is 0.710. The van der Waals surface area contributed by atoms with Gasteiger partial charge in [-0.1, -0.05) is 29.3 Å². The van der Waals surface area contributed by atoms with Crippen LogP contribution in [0.15, 0.2) is 53.8 Å². The third-order valence-electron chi connectivity index (χ3n) is 3.72. The smallest absolute Gasteiger partial charge is 0.146 e. The van der Waals surface area contributed by atoms with Gasteiger partial charge >= 0.3 is 0 Å². The molecule has 27 heavy (non-hydrogen) atoms. The molecule has 0 amide bonds. The molecule has 138 valence electrons. The number of hydrogen-bond donors (Lipinski definition) is 2. The number of oxime groups is 1. The first-order chi connectivity index (χ1) is 12.8. The van der Waals surface area contributed by atoms with Crippen LogP contribution in [0.25, 0.3) is 10.9 Å². The zero-order valence-electron chi connectivity index (χ0n) is 14.7. The van der Waals surface area contributed by atoms with Crippen LogP contribution in [0, 0.1) is 11.8 Å². The molecule has 2 aromatic heterocycles. The van der Waals surface area contributed by atoms with Gasteiger partial charge in [-0.3, -0.25) is 4.98 Å². The predicted molar refractivity (Wildman–Crippen MR) is 109 cm³/mol. The summed E-state index contributed by atoms with van der Waals surface area (Å²) in [5.74, 6) is 6.62. The number of rotatable bonds is 5. The molecule has 0 aliphatic rings. The zero-order chi connectivity index (χ0) is 18.2. The largest absolute Gasteiger partial charge is 0.494 e. The minimum Gasteiger partial charge on any atom is -0.494 e. The van der Waals surface area contributed by atoms with Crippen LogP contribution in [0.1, 0.15) is 17.8 Å². The molecule has 0 aliphatic carbocycles. The molecule has 0 unspecified atom stereocenters. The van der Waals surface area contributed by atoms with Crippen molar-refractivity contribution in [2.45, 2.75) is 6.42 Å². The highest BCUT2D eigenvalue weighted by Crippen LogP contribution is 2.20. The predicted octanol–water partition coefficient (Wildman–Crippen LogP) is 3.72. The van der Waals surface area contributed by atoms with E-state index >= 15 is 0 Å². The quantitative estimate of drug-likeness (QED) is 0.231. The standard InChI is InChI=1S/C20H18N4O2.ClH/c1-26-20-10-9-15(24-19(20)14-23-25)6-4-5-12-21-18-11-13-22-17-8-3-2-7-16(17)18;/h2-3,7-11,13-14,25H,5,12H2,1H3,(H,21,22);1H/b23-14-;. The number of fused-ring (bicyclic) bond motifs is 1. The van der Waals surface area contributed by atoms with Crippen LogP contribution in [0.5, 0.6) is 5.75 Å². The molecule has 3 aromatic rings. The van der Waals surface area contributed by atoms with E-state index in [9.17, 15) is 0 Å². The minimum absolute atomic E-state index is 0. The number of halogens is 1. The van der Waals surface area contributed by atoms with E-state index in [2.05, 4.69) is 32.3 Å². The first-order valence-electron chi connectivity index (χ1n) is 8.11. The fourth-order valence-electron chi connectivity index (χ4n) is 2.51. The molecule has 0 aliphatic heterocycles. The first kappa shape index (κ1) is 20.0. The molecule has 0 bridgehead atoms. The molecule has 0 saturated carbocycles. The summed E-state index contributed by atoms with van der Waals surface area (Å²) in [6.07, 6.45) is 3.68. The summed E-state index contributed by atoms with van der Waals surface area (Å²) in [7, 11) is 1.53. The van der Waals surface area contributed by atoms with Gasteiger partial charge in [0.15, 0.2) is 0 Å². The average Bonchev–Trinajstić information content (AvgIpc) is 2.68. The number of pyridine rings is 2. The number of benzene rings is 1. The Labute approximate surface area is 163 Å². The van der Waals surface area contributed by atoms with E-state index in [1.807, 2.05) is 30.3 Å². The van der Waals surface area contributed by atoms with E-state index in [-0.39, 0.29) is 12.4 Å². The lowest BCUT2D eigenvalue weighted by molar-refractivity contribution is 0.321. The maximum atomic E-state index is 8.69. The van der Waals surface area contributed by atoms with Gasteiger partial charge < -0.3 is 15.3 Å². The van der Waals surface area contributed by atoms with Crippen molar-refractivity contribution in [1.29, 1.82) is 0 Å². The number of para-hydroxylation sites is 1. The normalized spacial score (nSPS) is 10.1. The molecule has 3 rings (SSSR count). The molecule has 0 atom stereocenters. The Balaban J connectivity index is 0.00000261. The third kappa shape index (κ3) is 5.09. The maximum absolute atomic E-state index is 8.69. The highest BCUT2D eigenvalue weighted by Gasteiger charge is 2.03. The average molecular weight is 383 g/mol. The number of aromatic nitrogens is 2. The van der Waals surface area contributed by atoms with Crippen molar-refractivity contribution in [3.8, 4) is 17.6 Å². The second kappa shape index (κ2) is 10.00. The molecule has 2 N–H and O–H groups in total. The Morgan fingerprint density at radius 1 is 1.22 bits per heavy atom. The maximum Gasteiger partial charge on any atom is 0.146 e. The lowest BCUT2D eigenvalue weighted by Crippen LogP contribution is -2.01. The summed E-state index contributed by atoms with van der Waals surface area (Å²) in [6, 6.07) is 13.5. The van der Waals surface area contributed by atoms with Gasteiger partial charge in [-0.15, -0.1) is 12.4 Å². The number of hydrogen-bond acceptors (Lipinski definition) is 6. The monoisotopic (exact) mass is 382 g/mol. The van der Waals surface area contributed by atoms with Crippen molar-refractivity contribution >= 4 is 35.2 Å². The Morgan fingerprint density at radius 3 is 2.89 bits per heavy atom. The van der Waals surface area contributed by atoms with Crippen molar-refractivity contribution in [3.63, 3.8) is 0 Å². The molecule has 2 heterocycles. The van der Waals surface area contributed by atoms with Crippen molar-refractivity contribution in [2.75, 3.05) is 19.0 Å². The van der Waals surface area contributed by atoms with Gasteiger partial charge in [0.1, 0.15) is 17.1 Å². The lowest BCUT2D eigenvalue weighted by atomic mass is 10.2. The summed E-state index contributed by atoms with van der Waals surface area (Å²) in [5.41, 5.74) is 3.03. The summed E-state index contributed by atoms with van der Waals surface area (Å²) < 4.78 is 5.15. The van der Waals surface area contributed by atoms with Crippen LogP contribution < -0.4 is 10.1 Å². The van der Waals surface area contributed by atoms with Crippen molar-refractivity contribution < 1.29 is 9.94 Å². The summed E-state index contributed by atoms with van der Waals surface area (Å²) >= 11 is 0. The minimum atomic E-state index is 0. The van der Waals surface area contributed by atoms with Crippen molar-refractivity contribution in [2.24, 2.45) is 5.16 Å². The van der Waals surface area contributed by atoms with E-state index in [1.54, 1.807) is 18.3 Å². The highest BCUT2D eigenvalue weighted by molar-refractivity contribution is 5.90. The van der Waals surface area contributed by atoms with Gasteiger partial charge in [0.2, 0.25) is 0 Å². The number of ether oxygens (including phenoxy) is 1. The van der Waals surface area contributed by atoms with E-state index in [4.69, 9.17) is 9.94 Å².